The number of thioether (sulfide) groups is 1. The van der Waals surface area contributed by atoms with E-state index in [0.717, 1.165) is 12.2 Å². The second-order valence-electron chi connectivity index (χ2n) is 4.04. The number of carbonyl (C=O) groups excluding carboxylic acids is 1. The summed E-state index contributed by atoms with van der Waals surface area (Å²) >= 11 is 1.73. The van der Waals surface area contributed by atoms with Crippen molar-refractivity contribution in [2.24, 2.45) is 5.73 Å². The molecule has 0 bridgehead atoms. The Morgan fingerprint density at radius 3 is 2.76 bits per heavy atom. The summed E-state index contributed by atoms with van der Waals surface area (Å²) in [7, 11) is 1.36. The highest BCUT2D eigenvalue weighted by atomic mass is 32.2. The molecule has 0 aromatic carbocycles. The number of nitrogens with two attached hydrogens (primary N) is 1. The van der Waals surface area contributed by atoms with Gasteiger partial charge in [0.1, 0.15) is 5.54 Å². The fourth-order valence-electron chi connectivity index (χ4n) is 1.40. The monoisotopic (exact) mass is 254 g/mol. The Bertz CT molecular complexity index is 355. The number of methoxy groups -OCH3 is 1. The van der Waals surface area contributed by atoms with Gasteiger partial charge in [-0.3, -0.25) is 9.78 Å². The lowest BCUT2D eigenvalue weighted by Crippen LogP contribution is -2.45. The van der Waals surface area contributed by atoms with Crippen molar-refractivity contribution in [3.8, 4) is 0 Å². The lowest BCUT2D eigenvalue weighted by atomic mass is 9.98. The maximum Gasteiger partial charge on any atom is 0.325 e. The van der Waals surface area contributed by atoms with Crippen LogP contribution in [-0.4, -0.2) is 29.4 Å². The first-order valence-corrected chi connectivity index (χ1v) is 6.45. The van der Waals surface area contributed by atoms with Crippen molar-refractivity contribution in [1.82, 2.24) is 4.98 Å². The Balaban J connectivity index is 2.27. The van der Waals surface area contributed by atoms with Crippen molar-refractivity contribution in [1.29, 1.82) is 0 Å². The molecule has 0 spiro atoms. The van der Waals surface area contributed by atoms with Crippen LogP contribution in [0.4, 0.5) is 0 Å². The van der Waals surface area contributed by atoms with E-state index in [2.05, 4.69) is 9.72 Å². The molecule has 1 unspecified atom stereocenters. The second-order valence-corrected chi connectivity index (χ2v) is 5.21. The van der Waals surface area contributed by atoms with E-state index in [1.807, 2.05) is 12.1 Å². The van der Waals surface area contributed by atoms with Gasteiger partial charge >= 0.3 is 5.97 Å². The predicted molar refractivity (Wildman–Crippen MR) is 68.8 cm³/mol. The van der Waals surface area contributed by atoms with Gasteiger partial charge in [-0.25, -0.2) is 0 Å². The van der Waals surface area contributed by atoms with Gasteiger partial charge in [-0.15, -0.1) is 11.8 Å². The Labute approximate surface area is 106 Å². The van der Waals surface area contributed by atoms with E-state index < -0.39 is 5.54 Å². The molecule has 17 heavy (non-hydrogen) atoms. The Morgan fingerprint density at radius 2 is 2.18 bits per heavy atom. The smallest absolute Gasteiger partial charge is 0.325 e. The molecular formula is C12H18N2O2S. The molecule has 0 radical (unpaired) electrons. The van der Waals surface area contributed by atoms with Gasteiger partial charge < -0.3 is 10.5 Å². The van der Waals surface area contributed by atoms with Crippen LogP contribution >= 0.6 is 11.8 Å². The molecule has 1 aromatic heterocycles. The molecule has 94 valence electrons. The molecule has 0 aliphatic carbocycles. The third-order valence-electron chi connectivity index (χ3n) is 2.41. The van der Waals surface area contributed by atoms with E-state index in [-0.39, 0.29) is 5.97 Å². The molecule has 1 rings (SSSR count). The summed E-state index contributed by atoms with van der Waals surface area (Å²) in [6.07, 6.45) is 5.03. The van der Waals surface area contributed by atoms with E-state index in [1.165, 1.54) is 12.0 Å². The van der Waals surface area contributed by atoms with Crippen LogP contribution in [0.5, 0.6) is 0 Å². The Hall–Kier alpha value is -1.07. The standard InChI is InChI=1S/C12H18N2O2S/c1-12(13,11(15)16-2)6-3-9-17-10-4-7-14-8-5-10/h4-5,7-8H,3,6,9,13H2,1-2H3. The molecular weight excluding hydrogens is 236 g/mol. The summed E-state index contributed by atoms with van der Waals surface area (Å²) < 4.78 is 4.65. The van der Waals surface area contributed by atoms with Gasteiger partial charge in [-0.05, 0) is 37.7 Å². The maximum atomic E-state index is 11.3. The zero-order valence-electron chi connectivity index (χ0n) is 10.2. The number of hydrogen-bond acceptors (Lipinski definition) is 5. The highest BCUT2D eigenvalue weighted by Gasteiger charge is 2.28. The number of rotatable bonds is 6. The van der Waals surface area contributed by atoms with Crippen LogP contribution in [0.1, 0.15) is 19.8 Å². The number of hydrogen-bond donors (Lipinski definition) is 1. The average Bonchev–Trinajstić information content (AvgIpc) is 2.35. The second kappa shape index (κ2) is 6.61. The lowest BCUT2D eigenvalue weighted by Gasteiger charge is -2.20. The quantitative estimate of drug-likeness (QED) is 0.477. The maximum absolute atomic E-state index is 11.3. The summed E-state index contributed by atoms with van der Waals surface area (Å²) in [6, 6.07) is 3.93. The summed E-state index contributed by atoms with van der Waals surface area (Å²) in [6.45, 7) is 1.70. The van der Waals surface area contributed by atoms with E-state index in [4.69, 9.17) is 5.73 Å². The third kappa shape index (κ3) is 4.75. The molecule has 0 fully saturated rings. The SMILES string of the molecule is COC(=O)C(C)(N)CCCSc1ccncc1. The molecule has 1 aromatic rings. The Morgan fingerprint density at radius 1 is 1.53 bits per heavy atom. The number of esters is 1. The van der Waals surface area contributed by atoms with Crippen molar-refractivity contribution < 1.29 is 9.53 Å². The number of aromatic nitrogens is 1. The van der Waals surface area contributed by atoms with Crippen molar-refractivity contribution in [2.75, 3.05) is 12.9 Å². The molecule has 0 aliphatic rings. The van der Waals surface area contributed by atoms with Gasteiger partial charge in [0, 0.05) is 17.3 Å². The van der Waals surface area contributed by atoms with Crippen LogP contribution in [-0.2, 0) is 9.53 Å². The van der Waals surface area contributed by atoms with Crippen molar-refractivity contribution in [3.63, 3.8) is 0 Å². The third-order valence-corrected chi connectivity index (χ3v) is 3.51. The van der Waals surface area contributed by atoms with E-state index in [0.29, 0.717) is 6.42 Å². The predicted octanol–water partition coefficient (Wildman–Crippen LogP) is 1.84. The van der Waals surface area contributed by atoms with Gasteiger partial charge in [0.15, 0.2) is 0 Å². The first-order valence-electron chi connectivity index (χ1n) is 5.46. The molecule has 1 heterocycles. The molecule has 0 aliphatic heterocycles. The minimum atomic E-state index is -0.881. The largest absolute Gasteiger partial charge is 0.468 e. The molecule has 4 nitrogen and oxygen atoms in total. The molecule has 1 atom stereocenters. The summed E-state index contributed by atoms with van der Waals surface area (Å²) in [5.74, 6) is 0.569. The Kier molecular flexibility index (Phi) is 5.44. The number of nitrogens with zero attached hydrogens (tertiary/aromatic N) is 1. The van der Waals surface area contributed by atoms with Crippen LogP contribution in [0, 0.1) is 0 Å². The number of carbonyl (C=O) groups is 1. The van der Waals surface area contributed by atoms with Gasteiger partial charge in [0.2, 0.25) is 0 Å². The number of pyridine rings is 1. The average molecular weight is 254 g/mol. The van der Waals surface area contributed by atoms with Crippen LogP contribution in [0.2, 0.25) is 0 Å². The van der Waals surface area contributed by atoms with Crippen molar-refractivity contribution in [3.05, 3.63) is 24.5 Å². The zero-order valence-corrected chi connectivity index (χ0v) is 11.0. The molecule has 0 amide bonds. The van der Waals surface area contributed by atoms with Crippen molar-refractivity contribution in [2.45, 2.75) is 30.2 Å². The van der Waals surface area contributed by atoms with Crippen LogP contribution < -0.4 is 5.73 Å². The first kappa shape index (κ1) is 14.0. The van der Waals surface area contributed by atoms with E-state index in [1.54, 1.807) is 31.1 Å². The van der Waals surface area contributed by atoms with Crippen LogP contribution in [0.25, 0.3) is 0 Å². The van der Waals surface area contributed by atoms with Gasteiger partial charge in [-0.2, -0.15) is 0 Å². The van der Waals surface area contributed by atoms with Crippen molar-refractivity contribution >= 4 is 17.7 Å². The molecule has 0 saturated heterocycles. The minimum absolute atomic E-state index is 0.355. The van der Waals surface area contributed by atoms with Crippen LogP contribution in [0.15, 0.2) is 29.4 Å². The lowest BCUT2D eigenvalue weighted by molar-refractivity contribution is -0.146. The number of ether oxygens (including phenoxy) is 1. The van der Waals surface area contributed by atoms with Gasteiger partial charge in [0.05, 0.1) is 7.11 Å². The highest BCUT2D eigenvalue weighted by molar-refractivity contribution is 7.99. The van der Waals surface area contributed by atoms with Gasteiger partial charge in [-0.1, -0.05) is 0 Å². The van der Waals surface area contributed by atoms with Crippen LogP contribution in [0.3, 0.4) is 0 Å². The molecule has 2 N–H and O–H groups in total. The fraction of sp³-hybridized carbons (Fsp3) is 0.500. The molecule has 0 saturated carbocycles. The minimum Gasteiger partial charge on any atom is -0.468 e. The van der Waals surface area contributed by atoms with Gasteiger partial charge in [0.25, 0.3) is 0 Å². The normalized spacial score (nSPS) is 14.1. The van der Waals surface area contributed by atoms with E-state index >= 15 is 0 Å². The first-order chi connectivity index (χ1) is 8.06. The van der Waals surface area contributed by atoms with E-state index in [9.17, 15) is 4.79 Å². The summed E-state index contributed by atoms with van der Waals surface area (Å²) in [5, 5.41) is 0. The summed E-state index contributed by atoms with van der Waals surface area (Å²) in [5.41, 5.74) is 4.98. The fourth-order valence-corrected chi connectivity index (χ4v) is 2.24. The highest BCUT2D eigenvalue weighted by Crippen LogP contribution is 2.20. The summed E-state index contributed by atoms with van der Waals surface area (Å²) in [4.78, 5) is 16.5. The zero-order chi connectivity index (χ0) is 12.7. The topological polar surface area (TPSA) is 65.2 Å². The molecule has 5 heteroatoms.